The summed E-state index contributed by atoms with van der Waals surface area (Å²) in [5, 5.41) is 11.0. The fourth-order valence-corrected chi connectivity index (χ4v) is 3.43. The Morgan fingerprint density at radius 1 is 1.29 bits per heavy atom. The summed E-state index contributed by atoms with van der Waals surface area (Å²) in [6.07, 6.45) is 2.20. The number of nitrogens with zero attached hydrogens (tertiary/aromatic N) is 1. The second kappa shape index (κ2) is 7.92. The second-order valence-electron chi connectivity index (χ2n) is 7.15. The van der Waals surface area contributed by atoms with Gasteiger partial charge < -0.3 is 19.2 Å². The molecule has 1 N–H and O–H groups in total. The van der Waals surface area contributed by atoms with E-state index in [-0.39, 0.29) is 17.4 Å². The van der Waals surface area contributed by atoms with Crippen LogP contribution in [0.4, 0.5) is 0 Å². The fraction of sp³-hybridized carbons (Fsp3) is 0.364. The number of Topliss-reactive ketones (excluding diaryl/α,β-unsaturated/α-hetero) is 1. The maximum absolute atomic E-state index is 12.7. The van der Waals surface area contributed by atoms with E-state index < -0.39 is 17.7 Å². The molecule has 3 rings (SSSR count). The van der Waals surface area contributed by atoms with Crippen LogP contribution in [-0.4, -0.2) is 34.3 Å². The van der Waals surface area contributed by atoms with Gasteiger partial charge in [-0.2, -0.15) is 0 Å². The topological polar surface area (TPSA) is 80.0 Å². The lowest BCUT2D eigenvalue weighted by molar-refractivity contribution is -0.140. The predicted molar refractivity (Wildman–Crippen MR) is 105 cm³/mol. The molecule has 28 heavy (non-hydrogen) atoms. The average molecular weight is 383 g/mol. The lowest BCUT2D eigenvalue weighted by atomic mass is 9.98. The van der Waals surface area contributed by atoms with Crippen molar-refractivity contribution >= 4 is 17.4 Å². The van der Waals surface area contributed by atoms with Crippen LogP contribution in [0.15, 0.2) is 46.6 Å². The van der Waals surface area contributed by atoms with Crippen molar-refractivity contribution in [2.24, 2.45) is 0 Å². The van der Waals surface area contributed by atoms with Crippen LogP contribution in [-0.2, 0) is 9.59 Å². The van der Waals surface area contributed by atoms with Crippen LogP contribution in [0.5, 0.6) is 5.75 Å². The van der Waals surface area contributed by atoms with Gasteiger partial charge in [0.2, 0.25) is 0 Å². The van der Waals surface area contributed by atoms with E-state index in [0.29, 0.717) is 30.0 Å². The largest absolute Gasteiger partial charge is 0.507 e. The smallest absolute Gasteiger partial charge is 0.295 e. The van der Waals surface area contributed by atoms with E-state index in [1.165, 1.54) is 11.2 Å². The summed E-state index contributed by atoms with van der Waals surface area (Å²) in [5.74, 6) is -0.377. The van der Waals surface area contributed by atoms with Gasteiger partial charge in [0.25, 0.3) is 11.7 Å². The van der Waals surface area contributed by atoms with Crippen LogP contribution in [0.2, 0.25) is 0 Å². The molecule has 0 saturated carbocycles. The van der Waals surface area contributed by atoms with Gasteiger partial charge >= 0.3 is 0 Å². The number of ketones is 1. The number of ether oxygens (including phenoxy) is 1. The van der Waals surface area contributed by atoms with Gasteiger partial charge in [0, 0.05) is 12.1 Å². The van der Waals surface area contributed by atoms with E-state index in [4.69, 9.17) is 9.15 Å². The summed E-state index contributed by atoms with van der Waals surface area (Å²) >= 11 is 0. The van der Waals surface area contributed by atoms with Gasteiger partial charge in [-0.15, -0.1) is 0 Å². The summed E-state index contributed by atoms with van der Waals surface area (Å²) < 4.78 is 11.2. The molecule has 0 bridgehead atoms. The Kier molecular flexibility index (Phi) is 5.58. The summed E-state index contributed by atoms with van der Waals surface area (Å²) in [4.78, 5) is 26.7. The van der Waals surface area contributed by atoms with Crippen molar-refractivity contribution in [2.45, 2.75) is 46.3 Å². The number of aliphatic hydroxyl groups excluding tert-OH is 1. The van der Waals surface area contributed by atoms with Crippen molar-refractivity contribution < 1.29 is 23.8 Å². The molecule has 0 aliphatic carbocycles. The number of hydrogen-bond acceptors (Lipinski definition) is 5. The molecule has 1 amide bonds. The molecular weight excluding hydrogens is 358 g/mol. The SMILES string of the molecule is CCCN1C(=O)C(=O)/C(=C(\O)c2ccc(OC(C)C)c(C)c2)C1c1ccco1. The minimum absolute atomic E-state index is 0.0245. The minimum atomic E-state index is -0.734. The Morgan fingerprint density at radius 2 is 2.04 bits per heavy atom. The van der Waals surface area contributed by atoms with E-state index in [2.05, 4.69) is 0 Å². The molecule has 1 saturated heterocycles. The molecule has 2 heterocycles. The highest BCUT2D eigenvalue weighted by Gasteiger charge is 2.47. The molecule has 1 unspecified atom stereocenters. The number of furan rings is 1. The Labute approximate surface area is 164 Å². The Hall–Kier alpha value is -3.02. The predicted octanol–water partition coefficient (Wildman–Crippen LogP) is 4.21. The van der Waals surface area contributed by atoms with Crippen molar-refractivity contribution in [1.29, 1.82) is 0 Å². The van der Waals surface area contributed by atoms with Crippen molar-refractivity contribution in [3.8, 4) is 5.75 Å². The zero-order chi connectivity index (χ0) is 20.4. The van der Waals surface area contributed by atoms with Gasteiger partial charge in [-0.1, -0.05) is 6.92 Å². The molecule has 1 aliphatic rings. The van der Waals surface area contributed by atoms with E-state index in [1.54, 1.807) is 30.3 Å². The number of carbonyl (C=O) groups is 2. The van der Waals surface area contributed by atoms with E-state index in [1.807, 2.05) is 27.7 Å². The second-order valence-corrected chi connectivity index (χ2v) is 7.15. The third kappa shape index (κ3) is 3.54. The highest BCUT2D eigenvalue weighted by Crippen LogP contribution is 2.40. The number of aliphatic hydroxyl groups is 1. The molecule has 1 aromatic heterocycles. The fourth-order valence-electron chi connectivity index (χ4n) is 3.43. The highest BCUT2D eigenvalue weighted by molar-refractivity contribution is 6.46. The third-order valence-electron chi connectivity index (χ3n) is 4.63. The van der Waals surface area contributed by atoms with Gasteiger partial charge in [0.05, 0.1) is 17.9 Å². The first-order chi connectivity index (χ1) is 13.3. The summed E-state index contributed by atoms with van der Waals surface area (Å²) in [6.45, 7) is 8.06. The number of carbonyl (C=O) groups excluding carboxylic acids is 2. The Bertz CT molecular complexity index is 911. The first-order valence-corrected chi connectivity index (χ1v) is 9.44. The van der Waals surface area contributed by atoms with Crippen molar-refractivity contribution in [2.75, 3.05) is 6.54 Å². The standard InChI is InChI=1S/C22H25NO5/c1-5-10-23-19(17-7-6-11-27-17)18(21(25)22(23)26)20(24)15-8-9-16(14(4)12-15)28-13(2)3/h6-9,11-13,19,24H,5,10H2,1-4H3/b20-18-. The molecule has 6 heteroatoms. The maximum Gasteiger partial charge on any atom is 0.295 e. The van der Waals surface area contributed by atoms with E-state index in [0.717, 1.165) is 5.56 Å². The number of benzene rings is 1. The molecule has 0 radical (unpaired) electrons. The monoisotopic (exact) mass is 383 g/mol. The van der Waals surface area contributed by atoms with Crippen LogP contribution in [0.25, 0.3) is 5.76 Å². The van der Waals surface area contributed by atoms with Crippen molar-refractivity contribution in [3.63, 3.8) is 0 Å². The summed E-state index contributed by atoms with van der Waals surface area (Å²) in [6, 6.07) is 7.86. The minimum Gasteiger partial charge on any atom is -0.507 e. The number of rotatable bonds is 6. The van der Waals surface area contributed by atoms with E-state index in [9.17, 15) is 14.7 Å². The van der Waals surface area contributed by atoms with E-state index >= 15 is 0 Å². The first-order valence-electron chi connectivity index (χ1n) is 9.44. The molecule has 1 fully saturated rings. The number of likely N-dealkylation sites (tertiary alicyclic amines) is 1. The Balaban J connectivity index is 2.09. The molecule has 148 valence electrons. The van der Waals surface area contributed by atoms with Crippen LogP contribution in [0, 0.1) is 6.92 Å². The number of aryl methyl sites for hydroxylation is 1. The first kappa shape index (κ1) is 19.7. The van der Waals surface area contributed by atoms with Gasteiger partial charge in [-0.05, 0) is 63.1 Å². The van der Waals surface area contributed by atoms with Gasteiger partial charge in [0.15, 0.2) is 0 Å². The average Bonchev–Trinajstić information content (AvgIpc) is 3.25. The molecule has 2 aromatic rings. The van der Waals surface area contributed by atoms with Crippen LogP contribution in [0.3, 0.4) is 0 Å². The summed E-state index contributed by atoms with van der Waals surface area (Å²) in [7, 11) is 0. The van der Waals surface area contributed by atoms with Crippen LogP contribution in [0.1, 0.15) is 50.1 Å². The molecule has 1 aromatic carbocycles. The van der Waals surface area contributed by atoms with Gasteiger partial charge in [-0.3, -0.25) is 9.59 Å². The van der Waals surface area contributed by atoms with Gasteiger partial charge in [0.1, 0.15) is 23.3 Å². The van der Waals surface area contributed by atoms with Crippen LogP contribution < -0.4 is 4.74 Å². The maximum atomic E-state index is 12.7. The summed E-state index contributed by atoms with van der Waals surface area (Å²) in [5.41, 5.74) is 1.33. The van der Waals surface area contributed by atoms with Crippen LogP contribution >= 0.6 is 0 Å². The van der Waals surface area contributed by atoms with Gasteiger partial charge in [-0.25, -0.2) is 0 Å². The molecule has 1 atom stereocenters. The lowest BCUT2D eigenvalue weighted by Crippen LogP contribution is -2.30. The third-order valence-corrected chi connectivity index (χ3v) is 4.63. The number of amides is 1. The zero-order valence-corrected chi connectivity index (χ0v) is 16.6. The highest BCUT2D eigenvalue weighted by atomic mass is 16.5. The normalized spacial score (nSPS) is 18.9. The molecular formula is C22H25NO5. The molecule has 1 aliphatic heterocycles. The van der Waals surface area contributed by atoms with Crippen molar-refractivity contribution in [3.05, 3.63) is 59.1 Å². The number of hydrogen-bond donors (Lipinski definition) is 1. The van der Waals surface area contributed by atoms with Crippen molar-refractivity contribution in [1.82, 2.24) is 4.90 Å². The molecule has 0 spiro atoms. The Morgan fingerprint density at radius 3 is 2.61 bits per heavy atom. The quantitative estimate of drug-likeness (QED) is 0.459. The lowest BCUT2D eigenvalue weighted by Gasteiger charge is -2.22. The zero-order valence-electron chi connectivity index (χ0n) is 16.6. The molecule has 6 nitrogen and oxygen atoms in total.